The fourth-order valence-electron chi connectivity index (χ4n) is 1.87. The number of aromatic hydroxyl groups is 1. The number of ether oxygens (including phenoxy) is 1. The molecule has 4 heteroatoms. The molecule has 0 spiro atoms. The number of halogens is 1. The van der Waals surface area contributed by atoms with Crippen LogP contribution >= 0.6 is 11.6 Å². The van der Waals surface area contributed by atoms with Crippen LogP contribution in [0, 0.1) is 0 Å². The van der Waals surface area contributed by atoms with E-state index in [9.17, 15) is 9.90 Å². The van der Waals surface area contributed by atoms with E-state index >= 15 is 0 Å². The minimum Gasteiger partial charge on any atom is -0.502 e. The molecule has 0 fully saturated rings. The van der Waals surface area contributed by atoms with E-state index in [1.54, 1.807) is 6.07 Å². The number of benzene rings is 1. The van der Waals surface area contributed by atoms with Gasteiger partial charge in [0.25, 0.3) is 0 Å². The summed E-state index contributed by atoms with van der Waals surface area (Å²) in [6, 6.07) is 12.4. The molecule has 0 aliphatic carbocycles. The average molecular weight is 277 g/mol. The van der Waals surface area contributed by atoms with Crippen LogP contribution in [0.5, 0.6) is 11.5 Å². The van der Waals surface area contributed by atoms with E-state index in [-0.39, 0.29) is 11.6 Å². The molecule has 0 saturated carbocycles. The lowest BCUT2D eigenvalue weighted by molar-refractivity contribution is 0.372. The normalized spacial score (nSPS) is 10.2. The van der Waals surface area contributed by atoms with Crippen molar-refractivity contribution in [3.05, 3.63) is 58.3 Å². The van der Waals surface area contributed by atoms with E-state index in [0.717, 1.165) is 11.1 Å². The molecule has 0 radical (unpaired) electrons. The quantitative estimate of drug-likeness (QED) is 0.876. The van der Waals surface area contributed by atoms with Gasteiger partial charge in [0.2, 0.25) is 11.2 Å². The van der Waals surface area contributed by atoms with Crippen molar-refractivity contribution < 1.29 is 9.84 Å². The second kappa shape index (κ2) is 5.76. The lowest BCUT2D eigenvalue weighted by atomic mass is 10.0. The monoisotopic (exact) mass is 276 g/mol. The van der Waals surface area contributed by atoms with E-state index in [2.05, 4.69) is 0 Å². The molecule has 2 aromatic rings. The molecular formula is C15H13ClO3. The molecule has 0 aliphatic heterocycles. The summed E-state index contributed by atoms with van der Waals surface area (Å²) in [6.07, 6.45) is 0. The number of hydrogen-bond donors (Lipinski definition) is 1. The fourth-order valence-corrected chi connectivity index (χ4v) is 2.09. The van der Waals surface area contributed by atoms with Crippen LogP contribution in [-0.4, -0.2) is 12.2 Å². The lowest BCUT2D eigenvalue weighted by Crippen LogP contribution is -1.96. The molecule has 1 N–H and O–H groups in total. The van der Waals surface area contributed by atoms with Gasteiger partial charge in [-0.15, -0.1) is 11.6 Å². The van der Waals surface area contributed by atoms with Gasteiger partial charge in [0, 0.05) is 5.88 Å². The van der Waals surface area contributed by atoms with E-state index in [1.165, 1.54) is 13.2 Å². The molecule has 0 saturated heterocycles. The predicted molar refractivity (Wildman–Crippen MR) is 75.9 cm³/mol. The highest BCUT2D eigenvalue weighted by atomic mass is 35.5. The maximum absolute atomic E-state index is 11.9. The first-order valence-corrected chi connectivity index (χ1v) is 6.26. The standard InChI is InChI=1S/C15H13ClO3/c1-19-14-7-11(9-16)12(8-13(17)15(14)18)10-5-3-2-4-6-10/h2-8H,9H2,1H3,(H,17,18). The number of alkyl halides is 1. The Bertz CT molecular complexity index is 639. The van der Waals surface area contributed by atoms with E-state index in [4.69, 9.17) is 16.3 Å². The van der Waals surface area contributed by atoms with Crippen LogP contribution < -0.4 is 10.2 Å². The molecule has 0 aromatic heterocycles. The summed E-state index contributed by atoms with van der Waals surface area (Å²) in [5.74, 6) is -0.0624. The highest BCUT2D eigenvalue weighted by Gasteiger charge is 2.11. The predicted octanol–water partition coefficient (Wildman–Crippen LogP) is 3.17. The Morgan fingerprint density at radius 2 is 1.89 bits per heavy atom. The molecule has 0 atom stereocenters. The maximum Gasteiger partial charge on any atom is 0.224 e. The van der Waals surface area contributed by atoms with Crippen molar-refractivity contribution in [2.24, 2.45) is 0 Å². The number of methoxy groups -OCH3 is 1. The first-order chi connectivity index (χ1) is 9.17. The van der Waals surface area contributed by atoms with Crippen LogP contribution in [0.25, 0.3) is 11.1 Å². The molecular weight excluding hydrogens is 264 g/mol. The molecule has 2 aromatic carbocycles. The molecule has 2 rings (SSSR count). The Kier molecular flexibility index (Phi) is 4.07. The summed E-state index contributed by atoms with van der Waals surface area (Å²) >= 11 is 5.94. The van der Waals surface area contributed by atoms with Gasteiger partial charge in [0.05, 0.1) is 7.11 Å². The van der Waals surface area contributed by atoms with Crippen molar-refractivity contribution in [2.45, 2.75) is 5.88 Å². The zero-order chi connectivity index (χ0) is 13.8. The van der Waals surface area contributed by atoms with Crippen LogP contribution in [0.3, 0.4) is 0 Å². The molecule has 0 unspecified atom stereocenters. The van der Waals surface area contributed by atoms with Crippen LogP contribution in [0.2, 0.25) is 0 Å². The Hall–Kier alpha value is -2.00. The van der Waals surface area contributed by atoms with E-state index in [0.29, 0.717) is 5.56 Å². The Labute approximate surface area is 116 Å². The number of rotatable bonds is 3. The largest absolute Gasteiger partial charge is 0.502 e. The summed E-state index contributed by atoms with van der Waals surface area (Å²) < 4.78 is 5.01. The summed E-state index contributed by atoms with van der Waals surface area (Å²) in [5, 5.41) is 9.77. The average Bonchev–Trinajstić information content (AvgIpc) is 2.58. The smallest absolute Gasteiger partial charge is 0.224 e. The van der Waals surface area contributed by atoms with Gasteiger partial charge in [-0.1, -0.05) is 30.3 Å². The highest BCUT2D eigenvalue weighted by Crippen LogP contribution is 2.29. The molecule has 0 heterocycles. The molecule has 19 heavy (non-hydrogen) atoms. The van der Waals surface area contributed by atoms with Gasteiger partial charge in [-0.25, -0.2) is 0 Å². The van der Waals surface area contributed by atoms with Gasteiger partial charge < -0.3 is 9.84 Å². The van der Waals surface area contributed by atoms with Crippen molar-refractivity contribution in [1.29, 1.82) is 0 Å². The van der Waals surface area contributed by atoms with Gasteiger partial charge in [-0.05, 0) is 28.8 Å². The van der Waals surface area contributed by atoms with Crippen molar-refractivity contribution >= 4 is 11.6 Å². The third-order valence-electron chi connectivity index (χ3n) is 2.84. The molecule has 0 bridgehead atoms. The van der Waals surface area contributed by atoms with Crippen molar-refractivity contribution in [3.63, 3.8) is 0 Å². The Morgan fingerprint density at radius 1 is 1.21 bits per heavy atom. The summed E-state index contributed by atoms with van der Waals surface area (Å²) in [6.45, 7) is 0. The molecule has 98 valence electrons. The van der Waals surface area contributed by atoms with Crippen LogP contribution in [0.15, 0.2) is 47.3 Å². The fraction of sp³-hybridized carbons (Fsp3) is 0.133. The van der Waals surface area contributed by atoms with Gasteiger partial charge in [0.15, 0.2) is 5.75 Å². The summed E-state index contributed by atoms with van der Waals surface area (Å²) in [7, 11) is 1.40. The van der Waals surface area contributed by atoms with Crippen LogP contribution in [0.1, 0.15) is 5.56 Å². The van der Waals surface area contributed by atoms with Crippen molar-refractivity contribution in [3.8, 4) is 22.6 Å². The summed E-state index contributed by atoms with van der Waals surface area (Å²) in [5.41, 5.74) is 1.79. The van der Waals surface area contributed by atoms with Gasteiger partial charge >= 0.3 is 0 Å². The number of hydrogen-bond acceptors (Lipinski definition) is 3. The zero-order valence-electron chi connectivity index (χ0n) is 10.4. The molecule has 3 nitrogen and oxygen atoms in total. The Balaban J connectivity index is 2.79. The minimum atomic E-state index is -0.493. The first kappa shape index (κ1) is 13.4. The Morgan fingerprint density at radius 3 is 2.47 bits per heavy atom. The maximum atomic E-state index is 11.9. The van der Waals surface area contributed by atoms with Crippen molar-refractivity contribution in [2.75, 3.05) is 7.11 Å². The van der Waals surface area contributed by atoms with E-state index < -0.39 is 11.2 Å². The van der Waals surface area contributed by atoms with Gasteiger partial charge in [-0.3, -0.25) is 4.79 Å². The van der Waals surface area contributed by atoms with Gasteiger partial charge in [0.1, 0.15) is 0 Å². The van der Waals surface area contributed by atoms with Gasteiger partial charge in [-0.2, -0.15) is 0 Å². The minimum absolute atomic E-state index is 0.128. The van der Waals surface area contributed by atoms with Crippen LogP contribution in [0.4, 0.5) is 0 Å². The SMILES string of the molecule is COc1cc(CCl)c(-c2ccccc2)cc(=O)c1O. The van der Waals surface area contributed by atoms with Crippen molar-refractivity contribution in [1.82, 2.24) is 0 Å². The summed E-state index contributed by atoms with van der Waals surface area (Å²) in [4.78, 5) is 11.9. The first-order valence-electron chi connectivity index (χ1n) is 5.73. The van der Waals surface area contributed by atoms with Crippen LogP contribution in [-0.2, 0) is 5.88 Å². The topological polar surface area (TPSA) is 46.5 Å². The zero-order valence-corrected chi connectivity index (χ0v) is 11.1. The molecule has 0 amide bonds. The second-order valence-corrected chi connectivity index (χ2v) is 4.28. The highest BCUT2D eigenvalue weighted by molar-refractivity contribution is 6.17. The third-order valence-corrected chi connectivity index (χ3v) is 3.13. The molecule has 0 aliphatic rings. The third kappa shape index (κ3) is 2.71. The lowest BCUT2D eigenvalue weighted by Gasteiger charge is -2.04. The van der Waals surface area contributed by atoms with E-state index in [1.807, 2.05) is 30.3 Å². The second-order valence-electron chi connectivity index (χ2n) is 4.01.